The van der Waals surface area contributed by atoms with Crippen LogP contribution < -0.4 is 10.2 Å². The van der Waals surface area contributed by atoms with Gasteiger partial charge in [-0.05, 0) is 45.4 Å². The van der Waals surface area contributed by atoms with E-state index in [4.69, 9.17) is 0 Å². The summed E-state index contributed by atoms with van der Waals surface area (Å²) in [5.41, 5.74) is 0. The molecule has 4 heteroatoms. The highest BCUT2D eigenvalue weighted by Crippen LogP contribution is 2.17. The monoisotopic (exact) mass is 251 g/mol. The maximum absolute atomic E-state index is 12.9. The van der Waals surface area contributed by atoms with Crippen LogP contribution in [-0.2, 0) is 0 Å². The van der Waals surface area contributed by atoms with Crippen molar-refractivity contribution in [2.45, 2.75) is 45.2 Å². The largest absolute Gasteiger partial charge is 0.353 e. The molecule has 0 bridgehead atoms. The second-order valence-corrected chi connectivity index (χ2v) is 5.23. The zero-order valence-corrected chi connectivity index (χ0v) is 11.2. The molecule has 0 aliphatic carbocycles. The normalized spacial score (nSPS) is 20.1. The first kappa shape index (κ1) is 13.3. The third kappa shape index (κ3) is 3.42. The van der Waals surface area contributed by atoms with Gasteiger partial charge in [-0.3, -0.25) is 0 Å². The molecule has 0 spiro atoms. The Morgan fingerprint density at radius 1 is 1.44 bits per heavy atom. The molecule has 1 aromatic heterocycles. The second-order valence-electron chi connectivity index (χ2n) is 5.23. The van der Waals surface area contributed by atoms with Gasteiger partial charge in [0, 0.05) is 18.6 Å². The molecule has 0 radical (unpaired) electrons. The van der Waals surface area contributed by atoms with E-state index in [2.05, 4.69) is 29.0 Å². The van der Waals surface area contributed by atoms with E-state index in [0.717, 1.165) is 18.9 Å². The molecule has 3 nitrogen and oxygen atoms in total. The summed E-state index contributed by atoms with van der Waals surface area (Å²) in [5, 5.41) is 3.54. The number of aromatic nitrogens is 1. The predicted octanol–water partition coefficient (Wildman–Crippen LogP) is 2.58. The third-order valence-corrected chi connectivity index (χ3v) is 3.46. The summed E-state index contributed by atoms with van der Waals surface area (Å²) >= 11 is 0. The molecule has 1 fully saturated rings. The van der Waals surface area contributed by atoms with Crippen LogP contribution in [0.4, 0.5) is 10.2 Å². The number of hydrogen-bond donors (Lipinski definition) is 1. The minimum absolute atomic E-state index is 0.279. The van der Waals surface area contributed by atoms with Crippen molar-refractivity contribution in [3.8, 4) is 0 Å². The van der Waals surface area contributed by atoms with Gasteiger partial charge in [-0.2, -0.15) is 0 Å². The Bertz CT molecular complexity index is 358. The second kappa shape index (κ2) is 6.14. The Kier molecular flexibility index (Phi) is 4.53. The SMILES string of the molecule is CC(C)N(CC1CCCCN1)c1ccc(F)cn1. The molecule has 0 amide bonds. The summed E-state index contributed by atoms with van der Waals surface area (Å²) in [5.74, 6) is 0.581. The van der Waals surface area contributed by atoms with Crippen LogP contribution in [0.3, 0.4) is 0 Å². The van der Waals surface area contributed by atoms with Crippen LogP contribution >= 0.6 is 0 Å². The summed E-state index contributed by atoms with van der Waals surface area (Å²) in [6.45, 7) is 6.34. The van der Waals surface area contributed by atoms with Crippen LogP contribution in [0, 0.1) is 5.82 Å². The van der Waals surface area contributed by atoms with E-state index in [1.807, 2.05) is 0 Å². The van der Waals surface area contributed by atoms with Crippen molar-refractivity contribution < 1.29 is 4.39 Å². The molecule has 1 saturated heterocycles. The summed E-state index contributed by atoms with van der Waals surface area (Å²) in [7, 11) is 0. The predicted molar refractivity (Wildman–Crippen MR) is 72.3 cm³/mol. The molecule has 1 N–H and O–H groups in total. The van der Waals surface area contributed by atoms with Crippen molar-refractivity contribution >= 4 is 5.82 Å². The lowest BCUT2D eigenvalue weighted by molar-refractivity contribution is 0.392. The summed E-state index contributed by atoms with van der Waals surface area (Å²) in [6, 6.07) is 4.13. The van der Waals surface area contributed by atoms with Crippen LogP contribution in [-0.4, -0.2) is 30.2 Å². The molecule has 1 unspecified atom stereocenters. The van der Waals surface area contributed by atoms with Crippen LogP contribution in [0.1, 0.15) is 33.1 Å². The molecule has 1 aromatic rings. The van der Waals surface area contributed by atoms with E-state index < -0.39 is 0 Å². The molecule has 18 heavy (non-hydrogen) atoms. The Morgan fingerprint density at radius 3 is 2.83 bits per heavy atom. The van der Waals surface area contributed by atoms with E-state index in [1.165, 1.54) is 31.5 Å². The highest BCUT2D eigenvalue weighted by atomic mass is 19.1. The molecule has 1 aliphatic heterocycles. The zero-order valence-electron chi connectivity index (χ0n) is 11.2. The van der Waals surface area contributed by atoms with E-state index in [0.29, 0.717) is 12.1 Å². The first-order valence-corrected chi connectivity index (χ1v) is 6.78. The number of hydrogen-bond acceptors (Lipinski definition) is 3. The molecule has 2 heterocycles. The summed E-state index contributed by atoms with van der Waals surface area (Å²) in [6.07, 6.45) is 5.07. The van der Waals surface area contributed by atoms with E-state index in [9.17, 15) is 4.39 Å². The third-order valence-electron chi connectivity index (χ3n) is 3.46. The minimum atomic E-state index is -0.279. The van der Waals surface area contributed by atoms with Gasteiger partial charge >= 0.3 is 0 Å². The van der Waals surface area contributed by atoms with Crippen molar-refractivity contribution in [2.75, 3.05) is 18.0 Å². The van der Waals surface area contributed by atoms with Crippen molar-refractivity contribution in [1.29, 1.82) is 0 Å². The average molecular weight is 251 g/mol. The molecule has 100 valence electrons. The maximum Gasteiger partial charge on any atom is 0.141 e. The number of piperidine rings is 1. The van der Waals surface area contributed by atoms with Crippen molar-refractivity contribution in [3.05, 3.63) is 24.1 Å². The summed E-state index contributed by atoms with van der Waals surface area (Å²) in [4.78, 5) is 6.43. The van der Waals surface area contributed by atoms with Crippen molar-refractivity contribution in [1.82, 2.24) is 10.3 Å². The zero-order chi connectivity index (χ0) is 13.0. The van der Waals surface area contributed by atoms with Crippen LogP contribution in [0.25, 0.3) is 0 Å². The molecule has 0 aromatic carbocycles. The van der Waals surface area contributed by atoms with Gasteiger partial charge in [-0.1, -0.05) is 6.42 Å². The lowest BCUT2D eigenvalue weighted by atomic mass is 10.0. The van der Waals surface area contributed by atoms with Crippen LogP contribution in [0.2, 0.25) is 0 Å². The highest BCUT2D eigenvalue weighted by Gasteiger charge is 2.19. The number of rotatable bonds is 4. The Labute approximate surface area is 108 Å². The van der Waals surface area contributed by atoms with E-state index in [-0.39, 0.29) is 5.82 Å². The number of nitrogens with zero attached hydrogens (tertiary/aromatic N) is 2. The Morgan fingerprint density at radius 2 is 2.28 bits per heavy atom. The van der Waals surface area contributed by atoms with Gasteiger partial charge in [0.2, 0.25) is 0 Å². The Hall–Kier alpha value is -1.16. The van der Waals surface area contributed by atoms with Gasteiger partial charge in [0.15, 0.2) is 0 Å². The Balaban J connectivity index is 2.05. The fourth-order valence-electron chi connectivity index (χ4n) is 2.42. The number of halogens is 1. The van der Waals surface area contributed by atoms with Crippen molar-refractivity contribution in [2.24, 2.45) is 0 Å². The standard InChI is InChI=1S/C14H22FN3/c1-11(2)18(10-13-5-3-4-8-16-13)14-7-6-12(15)9-17-14/h6-7,9,11,13,16H,3-5,8,10H2,1-2H3. The van der Waals surface area contributed by atoms with Crippen molar-refractivity contribution in [3.63, 3.8) is 0 Å². The van der Waals surface area contributed by atoms with Crippen LogP contribution in [0.5, 0.6) is 0 Å². The lowest BCUT2D eigenvalue weighted by Gasteiger charge is -2.34. The lowest BCUT2D eigenvalue weighted by Crippen LogP contribution is -2.46. The maximum atomic E-state index is 12.9. The smallest absolute Gasteiger partial charge is 0.141 e. The molecule has 1 atom stereocenters. The number of anilines is 1. The quantitative estimate of drug-likeness (QED) is 0.891. The first-order valence-electron chi connectivity index (χ1n) is 6.78. The molecular formula is C14H22FN3. The molecule has 1 aliphatic rings. The fourth-order valence-corrected chi connectivity index (χ4v) is 2.42. The topological polar surface area (TPSA) is 28.2 Å². The number of nitrogens with one attached hydrogen (secondary N) is 1. The average Bonchev–Trinajstić information content (AvgIpc) is 2.38. The van der Waals surface area contributed by atoms with Gasteiger partial charge in [0.1, 0.15) is 11.6 Å². The van der Waals surface area contributed by atoms with Crippen LogP contribution in [0.15, 0.2) is 18.3 Å². The van der Waals surface area contributed by atoms with Gasteiger partial charge in [0.25, 0.3) is 0 Å². The highest BCUT2D eigenvalue weighted by molar-refractivity contribution is 5.39. The fraction of sp³-hybridized carbons (Fsp3) is 0.643. The summed E-state index contributed by atoms with van der Waals surface area (Å²) < 4.78 is 12.9. The van der Waals surface area contributed by atoms with E-state index in [1.54, 1.807) is 6.07 Å². The van der Waals surface area contributed by atoms with Gasteiger partial charge < -0.3 is 10.2 Å². The van der Waals surface area contributed by atoms with E-state index >= 15 is 0 Å². The number of pyridine rings is 1. The molecule has 0 saturated carbocycles. The van der Waals surface area contributed by atoms with Gasteiger partial charge in [-0.15, -0.1) is 0 Å². The molecular weight excluding hydrogens is 229 g/mol. The molecule has 2 rings (SSSR count). The van der Waals surface area contributed by atoms with Gasteiger partial charge in [0.05, 0.1) is 6.20 Å². The first-order chi connectivity index (χ1) is 8.66. The van der Waals surface area contributed by atoms with Gasteiger partial charge in [-0.25, -0.2) is 9.37 Å². The minimum Gasteiger partial charge on any atom is -0.353 e.